The van der Waals surface area contributed by atoms with Gasteiger partial charge in [0.1, 0.15) is 5.69 Å². The summed E-state index contributed by atoms with van der Waals surface area (Å²) in [6, 6.07) is 9.71. The molecule has 0 aliphatic carbocycles. The zero-order valence-electron chi connectivity index (χ0n) is 15.2. The Balaban J connectivity index is 1.66. The van der Waals surface area contributed by atoms with Gasteiger partial charge >= 0.3 is 0 Å². The molecule has 0 atom stereocenters. The van der Waals surface area contributed by atoms with Crippen LogP contribution in [0.15, 0.2) is 36.5 Å². The Labute approximate surface area is 149 Å². The summed E-state index contributed by atoms with van der Waals surface area (Å²) in [5.41, 5.74) is 4.61. The Kier molecular flexibility index (Phi) is 5.34. The van der Waals surface area contributed by atoms with Crippen LogP contribution >= 0.6 is 0 Å². The summed E-state index contributed by atoms with van der Waals surface area (Å²) in [6.07, 6.45) is 1.81. The summed E-state index contributed by atoms with van der Waals surface area (Å²) in [6.45, 7) is 11.5. The first-order valence-electron chi connectivity index (χ1n) is 8.89. The van der Waals surface area contributed by atoms with Crippen LogP contribution in [0.3, 0.4) is 0 Å². The van der Waals surface area contributed by atoms with Crippen LogP contribution in [0.5, 0.6) is 0 Å². The number of anilines is 2. The number of amides is 1. The minimum atomic E-state index is -0.170. The molecular formula is C20H26N4O. The number of aryl methyl sites for hydroxylation is 1. The number of nitrogens with one attached hydrogen (secondary N) is 1. The second kappa shape index (κ2) is 7.66. The molecule has 0 radical (unpaired) electrons. The van der Waals surface area contributed by atoms with Gasteiger partial charge in [0.15, 0.2) is 0 Å². The van der Waals surface area contributed by atoms with Gasteiger partial charge in [0, 0.05) is 31.9 Å². The Morgan fingerprint density at radius 2 is 1.88 bits per heavy atom. The van der Waals surface area contributed by atoms with Gasteiger partial charge in [-0.25, -0.2) is 4.98 Å². The lowest BCUT2D eigenvalue weighted by Gasteiger charge is -2.35. The quantitative estimate of drug-likeness (QED) is 0.931. The first-order valence-corrected chi connectivity index (χ1v) is 8.89. The molecule has 132 valence electrons. The topological polar surface area (TPSA) is 48.5 Å². The number of piperazine rings is 1. The number of benzene rings is 1. The standard InChI is InChI=1S/C20H26N4O/c1-4-23-10-12-24(13-11-23)17-8-9-19(21-14-17)20(25)22-18-7-5-6-15(2)16(18)3/h5-9,14H,4,10-13H2,1-3H3,(H,22,25). The van der Waals surface area contributed by atoms with E-state index in [-0.39, 0.29) is 5.91 Å². The number of pyridine rings is 1. The Hall–Kier alpha value is -2.40. The van der Waals surface area contributed by atoms with E-state index in [4.69, 9.17) is 0 Å². The van der Waals surface area contributed by atoms with E-state index in [1.807, 2.05) is 44.2 Å². The summed E-state index contributed by atoms with van der Waals surface area (Å²) >= 11 is 0. The largest absolute Gasteiger partial charge is 0.368 e. The third-order valence-corrected chi connectivity index (χ3v) is 5.02. The van der Waals surface area contributed by atoms with Crippen molar-refractivity contribution in [1.82, 2.24) is 9.88 Å². The highest BCUT2D eigenvalue weighted by molar-refractivity contribution is 6.03. The van der Waals surface area contributed by atoms with E-state index in [0.29, 0.717) is 5.69 Å². The van der Waals surface area contributed by atoms with Gasteiger partial charge in [0.25, 0.3) is 5.91 Å². The second-order valence-corrected chi connectivity index (χ2v) is 6.52. The minimum Gasteiger partial charge on any atom is -0.368 e. The van der Waals surface area contributed by atoms with Crippen LogP contribution in [0.25, 0.3) is 0 Å². The average Bonchev–Trinajstić information content (AvgIpc) is 2.65. The lowest BCUT2D eigenvalue weighted by atomic mass is 10.1. The van der Waals surface area contributed by atoms with Crippen molar-refractivity contribution in [3.63, 3.8) is 0 Å². The van der Waals surface area contributed by atoms with Crippen molar-refractivity contribution in [3.05, 3.63) is 53.3 Å². The Morgan fingerprint density at radius 3 is 2.52 bits per heavy atom. The van der Waals surface area contributed by atoms with E-state index in [1.165, 1.54) is 0 Å². The summed E-state index contributed by atoms with van der Waals surface area (Å²) in [5, 5.41) is 2.96. The predicted molar refractivity (Wildman–Crippen MR) is 102 cm³/mol. The van der Waals surface area contributed by atoms with Crippen LogP contribution in [-0.2, 0) is 0 Å². The zero-order chi connectivity index (χ0) is 17.8. The van der Waals surface area contributed by atoms with Crippen molar-refractivity contribution >= 4 is 17.3 Å². The summed E-state index contributed by atoms with van der Waals surface area (Å²) in [7, 11) is 0. The monoisotopic (exact) mass is 338 g/mol. The molecule has 1 fully saturated rings. The maximum Gasteiger partial charge on any atom is 0.274 e. The smallest absolute Gasteiger partial charge is 0.274 e. The molecular weight excluding hydrogens is 312 g/mol. The molecule has 0 bridgehead atoms. The fraction of sp³-hybridized carbons (Fsp3) is 0.400. The first kappa shape index (κ1) is 17.4. The van der Waals surface area contributed by atoms with Gasteiger partial charge in [-0.3, -0.25) is 4.79 Å². The van der Waals surface area contributed by atoms with E-state index in [0.717, 1.165) is 55.2 Å². The summed E-state index contributed by atoms with van der Waals surface area (Å²) in [5.74, 6) is -0.170. The van der Waals surface area contributed by atoms with Gasteiger partial charge in [-0.05, 0) is 49.7 Å². The lowest BCUT2D eigenvalue weighted by Crippen LogP contribution is -2.46. The number of carbonyl (C=O) groups is 1. The van der Waals surface area contributed by atoms with Crippen molar-refractivity contribution in [3.8, 4) is 0 Å². The third-order valence-electron chi connectivity index (χ3n) is 5.02. The van der Waals surface area contributed by atoms with Crippen molar-refractivity contribution in [2.45, 2.75) is 20.8 Å². The van der Waals surface area contributed by atoms with Gasteiger partial charge in [-0.15, -0.1) is 0 Å². The molecule has 1 aromatic carbocycles. The molecule has 1 aliphatic heterocycles. The van der Waals surface area contributed by atoms with Crippen LogP contribution in [0.1, 0.15) is 28.5 Å². The number of likely N-dealkylation sites (N-methyl/N-ethyl adjacent to an activating group) is 1. The van der Waals surface area contributed by atoms with E-state index in [1.54, 1.807) is 6.20 Å². The molecule has 2 aromatic rings. The maximum absolute atomic E-state index is 12.5. The predicted octanol–water partition coefficient (Wildman–Crippen LogP) is 3.09. The van der Waals surface area contributed by atoms with Crippen molar-refractivity contribution in [2.75, 3.05) is 42.9 Å². The number of hydrogen-bond donors (Lipinski definition) is 1. The maximum atomic E-state index is 12.5. The van der Waals surface area contributed by atoms with Crippen LogP contribution in [-0.4, -0.2) is 48.5 Å². The molecule has 0 spiro atoms. The third kappa shape index (κ3) is 3.99. The first-order chi connectivity index (χ1) is 12.1. The molecule has 5 heteroatoms. The molecule has 2 heterocycles. The highest BCUT2D eigenvalue weighted by atomic mass is 16.1. The van der Waals surface area contributed by atoms with Crippen LogP contribution in [0, 0.1) is 13.8 Å². The number of nitrogens with zero attached hydrogens (tertiary/aromatic N) is 3. The van der Waals surface area contributed by atoms with E-state index in [9.17, 15) is 4.79 Å². The molecule has 1 N–H and O–H groups in total. The fourth-order valence-corrected chi connectivity index (χ4v) is 3.10. The van der Waals surface area contributed by atoms with E-state index < -0.39 is 0 Å². The average molecular weight is 338 g/mol. The Bertz CT molecular complexity index is 734. The summed E-state index contributed by atoms with van der Waals surface area (Å²) < 4.78 is 0. The van der Waals surface area contributed by atoms with Crippen molar-refractivity contribution in [2.24, 2.45) is 0 Å². The molecule has 25 heavy (non-hydrogen) atoms. The molecule has 1 aromatic heterocycles. The molecule has 1 amide bonds. The second-order valence-electron chi connectivity index (χ2n) is 6.52. The van der Waals surface area contributed by atoms with Crippen molar-refractivity contribution in [1.29, 1.82) is 0 Å². The number of carbonyl (C=O) groups excluding carboxylic acids is 1. The van der Waals surface area contributed by atoms with Gasteiger partial charge in [0.2, 0.25) is 0 Å². The zero-order valence-corrected chi connectivity index (χ0v) is 15.2. The summed E-state index contributed by atoms with van der Waals surface area (Å²) in [4.78, 5) is 21.6. The van der Waals surface area contributed by atoms with E-state index in [2.05, 4.69) is 27.0 Å². The molecule has 1 saturated heterocycles. The van der Waals surface area contributed by atoms with Crippen LogP contribution in [0.2, 0.25) is 0 Å². The highest BCUT2D eigenvalue weighted by Gasteiger charge is 2.17. The number of rotatable bonds is 4. The SMILES string of the molecule is CCN1CCN(c2ccc(C(=O)Nc3cccc(C)c3C)nc2)CC1. The molecule has 1 aliphatic rings. The lowest BCUT2D eigenvalue weighted by molar-refractivity contribution is 0.102. The number of hydrogen-bond acceptors (Lipinski definition) is 4. The Morgan fingerprint density at radius 1 is 1.12 bits per heavy atom. The molecule has 5 nitrogen and oxygen atoms in total. The van der Waals surface area contributed by atoms with Crippen LogP contribution < -0.4 is 10.2 Å². The van der Waals surface area contributed by atoms with Gasteiger partial charge in [-0.1, -0.05) is 19.1 Å². The van der Waals surface area contributed by atoms with E-state index >= 15 is 0 Å². The minimum absolute atomic E-state index is 0.170. The van der Waals surface area contributed by atoms with Gasteiger partial charge in [-0.2, -0.15) is 0 Å². The molecule has 0 saturated carbocycles. The van der Waals surface area contributed by atoms with Crippen LogP contribution in [0.4, 0.5) is 11.4 Å². The molecule has 3 rings (SSSR count). The van der Waals surface area contributed by atoms with Crippen molar-refractivity contribution < 1.29 is 4.79 Å². The van der Waals surface area contributed by atoms with Gasteiger partial charge in [0.05, 0.1) is 11.9 Å². The normalized spacial score (nSPS) is 15.2. The number of aromatic nitrogens is 1. The molecule has 0 unspecified atom stereocenters. The fourth-order valence-electron chi connectivity index (χ4n) is 3.10. The highest BCUT2D eigenvalue weighted by Crippen LogP contribution is 2.20. The van der Waals surface area contributed by atoms with Gasteiger partial charge < -0.3 is 15.1 Å².